The molecule has 1 heterocycles. The third kappa shape index (κ3) is 3.51. The van der Waals surface area contributed by atoms with Gasteiger partial charge < -0.3 is 9.80 Å². The molecule has 114 valence electrons. The number of non-ortho nitro benzene ring substituents is 1. The van der Waals surface area contributed by atoms with E-state index in [4.69, 9.17) is 11.6 Å². The minimum atomic E-state index is -0.525. The van der Waals surface area contributed by atoms with Gasteiger partial charge in [0.1, 0.15) is 0 Å². The minimum absolute atomic E-state index is 0.108. The molecule has 0 atom stereocenters. The Labute approximate surface area is 128 Å². The van der Waals surface area contributed by atoms with Crippen molar-refractivity contribution >= 4 is 23.2 Å². The second kappa shape index (κ2) is 6.41. The first-order chi connectivity index (χ1) is 9.90. The van der Waals surface area contributed by atoms with Crippen molar-refractivity contribution in [2.75, 3.05) is 27.2 Å². The number of rotatable bonds is 3. The van der Waals surface area contributed by atoms with E-state index in [-0.39, 0.29) is 16.6 Å². The molecule has 1 aromatic carbocycles. The number of nitro groups is 1. The van der Waals surface area contributed by atoms with Gasteiger partial charge >= 0.3 is 0 Å². The Morgan fingerprint density at radius 2 is 2.00 bits per heavy atom. The van der Waals surface area contributed by atoms with Crippen LogP contribution in [0.15, 0.2) is 18.2 Å². The van der Waals surface area contributed by atoms with E-state index in [0.29, 0.717) is 24.7 Å². The smallest absolute Gasteiger partial charge is 0.270 e. The van der Waals surface area contributed by atoms with Crippen LogP contribution < -0.4 is 0 Å². The van der Waals surface area contributed by atoms with Gasteiger partial charge in [-0.05, 0) is 33.0 Å². The monoisotopic (exact) mass is 311 g/mol. The summed E-state index contributed by atoms with van der Waals surface area (Å²) in [7, 11) is 4.07. The van der Waals surface area contributed by atoms with E-state index in [1.165, 1.54) is 18.2 Å². The summed E-state index contributed by atoms with van der Waals surface area (Å²) in [5.74, 6) is -0.160. The lowest BCUT2D eigenvalue weighted by atomic mass is 10.0. The Morgan fingerprint density at radius 1 is 1.38 bits per heavy atom. The predicted molar refractivity (Wildman–Crippen MR) is 80.7 cm³/mol. The Hall–Kier alpha value is -1.66. The normalized spacial score (nSPS) is 16.3. The predicted octanol–water partition coefficient (Wildman–Crippen LogP) is 2.41. The second-order valence-corrected chi connectivity index (χ2v) is 5.82. The van der Waals surface area contributed by atoms with Crippen LogP contribution in [0.4, 0.5) is 5.69 Å². The lowest BCUT2D eigenvalue weighted by Gasteiger charge is -2.35. The quantitative estimate of drug-likeness (QED) is 0.635. The van der Waals surface area contributed by atoms with E-state index in [1.807, 2.05) is 14.1 Å². The summed E-state index contributed by atoms with van der Waals surface area (Å²) in [6.07, 6.45) is 1.84. The lowest BCUT2D eigenvalue weighted by Crippen LogP contribution is -2.44. The topological polar surface area (TPSA) is 66.7 Å². The van der Waals surface area contributed by atoms with Gasteiger partial charge in [0.25, 0.3) is 11.6 Å². The van der Waals surface area contributed by atoms with Crippen molar-refractivity contribution in [3.63, 3.8) is 0 Å². The molecule has 0 spiro atoms. The fourth-order valence-corrected chi connectivity index (χ4v) is 2.80. The number of halogens is 1. The molecule has 0 N–H and O–H groups in total. The SMILES string of the molecule is CN(C)C1CCN(C(=O)c2ccc([N+](=O)[O-])cc2Cl)CC1. The summed E-state index contributed by atoms with van der Waals surface area (Å²) >= 11 is 6.01. The van der Waals surface area contributed by atoms with Crippen molar-refractivity contribution < 1.29 is 9.72 Å². The summed E-state index contributed by atoms with van der Waals surface area (Å²) in [6.45, 7) is 1.35. The fraction of sp³-hybridized carbons (Fsp3) is 0.500. The largest absolute Gasteiger partial charge is 0.338 e. The van der Waals surface area contributed by atoms with Crippen molar-refractivity contribution in [2.24, 2.45) is 0 Å². The Bertz CT molecular complexity index is 554. The van der Waals surface area contributed by atoms with Crippen LogP contribution in [-0.4, -0.2) is 53.9 Å². The Morgan fingerprint density at radius 3 is 2.48 bits per heavy atom. The molecule has 1 amide bonds. The van der Waals surface area contributed by atoms with Gasteiger partial charge in [0, 0.05) is 31.3 Å². The third-order valence-electron chi connectivity index (χ3n) is 3.88. The maximum atomic E-state index is 12.4. The molecule has 1 aliphatic heterocycles. The van der Waals surface area contributed by atoms with Gasteiger partial charge in [-0.1, -0.05) is 11.6 Å². The zero-order chi connectivity index (χ0) is 15.6. The van der Waals surface area contributed by atoms with E-state index in [9.17, 15) is 14.9 Å². The number of likely N-dealkylation sites (tertiary alicyclic amines) is 1. The van der Waals surface area contributed by atoms with Crippen LogP contribution in [0.5, 0.6) is 0 Å². The van der Waals surface area contributed by atoms with E-state index in [1.54, 1.807) is 4.90 Å². The van der Waals surface area contributed by atoms with Crippen LogP contribution in [-0.2, 0) is 0 Å². The van der Waals surface area contributed by atoms with E-state index in [2.05, 4.69) is 4.90 Å². The average molecular weight is 312 g/mol. The van der Waals surface area contributed by atoms with Gasteiger partial charge in [-0.3, -0.25) is 14.9 Å². The maximum Gasteiger partial charge on any atom is 0.270 e. The van der Waals surface area contributed by atoms with Crippen LogP contribution in [0.2, 0.25) is 5.02 Å². The number of hydrogen-bond acceptors (Lipinski definition) is 4. The number of piperidine rings is 1. The van der Waals surface area contributed by atoms with E-state index in [0.717, 1.165) is 12.8 Å². The number of benzene rings is 1. The molecule has 1 aromatic rings. The standard InChI is InChI=1S/C14H18ClN3O3/c1-16(2)10-5-7-17(8-6-10)14(19)12-4-3-11(18(20)21)9-13(12)15/h3-4,9-10H,5-8H2,1-2H3. The van der Waals surface area contributed by atoms with Crippen molar-refractivity contribution in [3.05, 3.63) is 38.9 Å². The number of amides is 1. The highest BCUT2D eigenvalue weighted by molar-refractivity contribution is 6.34. The molecule has 0 radical (unpaired) electrons. The van der Waals surface area contributed by atoms with Gasteiger partial charge in [-0.25, -0.2) is 0 Å². The summed E-state index contributed by atoms with van der Waals surface area (Å²) in [4.78, 5) is 26.5. The zero-order valence-electron chi connectivity index (χ0n) is 12.1. The van der Waals surface area contributed by atoms with Gasteiger partial charge in [0.05, 0.1) is 15.5 Å². The van der Waals surface area contributed by atoms with Gasteiger partial charge in [-0.2, -0.15) is 0 Å². The maximum absolute atomic E-state index is 12.4. The lowest BCUT2D eigenvalue weighted by molar-refractivity contribution is -0.384. The van der Waals surface area contributed by atoms with Crippen LogP contribution in [0.1, 0.15) is 23.2 Å². The number of carbonyl (C=O) groups excluding carboxylic acids is 1. The molecule has 6 nitrogen and oxygen atoms in total. The zero-order valence-corrected chi connectivity index (χ0v) is 12.8. The van der Waals surface area contributed by atoms with Crippen LogP contribution in [0, 0.1) is 10.1 Å². The Balaban J connectivity index is 2.09. The Kier molecular flexibility index (Phi) is 4.80. The highest BCUT2D eigenvalue weighted by atomic mass is 35.5. The van der Waals surface area contributed by atoms with Crippen molar-refractivity contribution in [3.8, 4) is 0 Å². The van der Waals surface area contributed by atoms with Gasteiger partial charge in [0.15, 0.2) is 0 Å². The molecule has 0 saturated carbocycles. The molecular weight excluding hydrogens is 294 g/mol. The number of hydrogen-bond donors (Lipinski definition) is 0. The van der Waals surface area contributed by atoms with Crippen LogP contribution >= 0.6 is 11.6 Å². The molecule has 2 rings (SSSR count). The van der Waals surface area contributed by atoms with Gasteiger partial charge in [0.2, 0.25) is 0 Å². The van der Waals surface area contributed by atoms with Crippen molar-refractivity contribution in [1.29, 1.82) is 0 Å². The first-order valence-electron chi connectivity index (χ1n) is 6.80. The first kappa shape index (κ1) is 15.7. The average Bonchev–Trinajstić information content (AvgIpc) is 2.46. The minimum Gasteiger partial charge on any atom is -0.338 e. The summed E-state index contributed by atoms with van der Waals surface area (Å²) in [5.41, 5.74) is 0.216. The molecule has 7 heteroatoms. The highest BCUT2D eigenvalue weighted by Gasteiger charge is 2.26. The number of carbonyl (C=O) groups is 1. The molecule has 1 aliphatic rings. The number of nitro benzene ring substituents is 1. The van der Waals surface area contributed by atoms with Crippen molar-refractivity contribution in [1.82, 2.24) is 9.80 Å². The third-order valence-corrected chi connectivity index (χ3v) is 4.19. The molecule has 0 aliphatic carbocycles. The van der Waals surface area contributed by atoms with Crippen LogP contribution in [0.25, 0.3) is 0 Å². The number of nitrogens with zero attached hydrogens (tertiary/aromatic N) is 3. The first-order valence-corrected chi connectivity index (χ1v) is 7.17. The van der Waals surface area contributed by atoms with Crippen LogP contribution in [0.3, 0.4) is 0 Å². The van der Waals surface area contributed by atoms with E-state index < -0.39 is 4.92 Å². The second-order valence-electron chi connectivity index (χ2n) is 5.41. The van der Waals surface area contributed by atoms with Gasteiger partial charge in [-0.15, -0.1) is 0 Å². The molecule has 1 fully saturated rings. The fourth-order valence-electron chi connectivity index (χ4n) is 2.55. The molecule has 1 saturated heterocycles. The summed E-state index contributed by atoms with van der Waals surface area (Å²) in [6, 6.07) is 4.45. The summed E-state index contributed by atoms with van der Waals surface area (Å²) < 4.78 is 0. The van der Waals surface area contributed by atoms with Crippen molar-refractivity contribution in [2.45, 2.75) is 18.9 Å². The molecule has 0 bridgehead atoms. The molecule has 0 aromatic heterocycles. The summed E-state index contributed by atoms with van der Waals surface area (Å²) in [5, 5.41) is 10.8. The molecule has 0 unspecified atom stereocenters. The molecular formula is C14H18ClN3O3. The van der Waals surface area contributed by atoms with E-state index >= 15 is 0 Å². The highest BCUT2D eigenvalue weighted by Crippen LogP contribution is 2.25. The molecule has 21 heavy (non-hydrogen) atoms.